The predicted octanol–water partition coefficient (Wildman–Crippen LogP) is 4.32. The molecule has 1 aliphatic carbocycles. The van der Waals surface area contributed by atoms with Gasteiger partial charge >= 0.3 is 0 Å². The molecule has 0 amide bonds. The molecule has 1 aromatic carbocycles. The lowest BCUT2D eigenvalue weighted by atomic mass is 10.2. The molecule has 1 aliphatic rings. The molecule has 3 nitrogen and oxygen atoms in total. The maximum Gasteiger partial charge on any atom is 0.120 e. The number of nitrogens with one attached hydrogen (secondary N) is 2. The molecule has 2 heterocycles. The molecule has 1 fully saturated rings. The number of rotatable bonds is 4. The minimum atomic E-state index is 0.683. The first-order valence-corrected chi connectivity index (χ1v) is 8.46. The third-order valence-electron chi connectivity index (χ3n) is 4.23. The first-order valence-electron chi connectivity index (χ1n) is 7.65. The van der Waals surface area contributed by atoms with Crippen LogP contribution in [0.15, 0.2) is 36.5 Å². The lowest BCUT2D eigenvalue weighted by Crippen LogP contribution is -2.25. The summed E-state index contributed by atoms with van der Waals surface area (Å²) < 4.78 is 1.33. The van der Waals surface area contributed by atoms with E-state index in [0.717, 1.165) is 18.1 Å². The first kappa shape index (κ1) is 13.0. The van der Waals surface area contributed by atoms with Gasteiger partial charge in [0.2, 0.25) is 0 Å². The third kappa shape index (κ3) is 2.74. The number of imidazole rings is 1. The summed E-state index contributed by atoms with van der Waals surface area (Å²) in [7, 11) is 0. The van der Waals surface area contributed by atoms with Gasteiger partial charge in [-0.1, -0.05) is 31.0 Å². The highest BCUT2D eigenvalue weighted by Gasteiger charge is 2.14. The Hall–Kier alpha value is -1.65. The van der Waals surface area contributed by atoms with Crippen molar-refractivity contribution < 1.29 is 0 Å². The van der Waals surface area contributed by atoms with Crippen LogP contribution in [0.5, 0.6) is 0 Å². The molecule has 3 aromatic rings. The highest BCUT2D eigenvalue weighted by molar-refractivity contribution is 7.22. The number of aromatic nitrogens is 2. The summed E-state index contributed by atoms with van der Waals surface area (Å²) in [5.74, 6) is 1.04. The van der Waals surface area contributed by atoms with E-state index in [1.807, 2.05) is 17.5 Å². The van der Waals surface area contributed by atoms with Crippen molar-refractivity contribution in [1.29, 1.82) is 0 Å². The molecule has 0 spiro atoms. The highest BCUT2D eigenvalue weighted by Crippen LogP contribution is 2.32. The van der Waals surface area contributed by atoms with Gasteiger partial charge in [0, 0.05) is 10.7 Å². The molecule has 0 saturated heterocycles. The zero-order valence-corrected chi connectivity index (χ0v) is 12.7. The topological polar surface area (TPSA) is 40.7 Å². The Balaban J connectivity index is 1.50. The maximum absolute atomic E-state index is 4.51. The van der Waals surface area contributed by atoms with Gasteiger partial charge < -0.3 is 10.3 Å². The predicted molar refractivity (Wildman–Crippen MR) is 88.5 cm³/mol. The molecular weight excluding hydrogens is 278 g/mol. The molecule has 2 aromatic heterocycles. The van der Waals surface area contributed by atoms with Crippen LogP contribution in [0.2, 0.25) is 0 Å². The minimum Gasteiger partial charge on any atom is -0.340 e. The summed E-state index contributed by atoms with van der Waals surface area (Å²) in [5, 5.41) is 4.90. The van der Waals surface area contributed by atoms with E-state index in [2.05, 4.69) is 45.6 Å². The van der Waals surface area contributed by atoms with Gasteiger partial charge in [0.25, 0.3) is 0 Å². The Morgan fingerprint density at radius 2 is 2.10 bits per heavy atom. The molecule has 0 atom stereocenters. The van der Waals surface area contributed by atoms with Crippen LogP contribution in [0, 0.1) is 0 Å². The second-order valence-corrected chi connectivity index (χ2v) is 6.84. The zero-order chi connectivity index (χ0) is 14.1. The van der Waals surface area contributed by atoms with Crippen LogP contribution >= 0.6 is 11.3 Å². The Kier molecular flexibility index (Phi) is 3.49. The van der Waals surface area contributed by atoms with E-state index in [-0.39, 0.29) is 0 Å². The van der Waals surface area contributed by atoms with E-state index in [4.69, 9.17) is 0 Å². The summed E-state index contributed by atoms with van der Waals surface area (Å²) >= 11 is 1.82. The second-order valence-electron chi connectivity index (χ2n) is 5.75. The minimum absolute atomic E-state index is 0.683. The van der Waals surface area contributed by atoms with Crippen molar-refractivity contribution in [3.05, 3.63) is 42.4 Å². The van der Waals surface area contributed by atoms with Gasteiger partial charge in [-0.3, -0.25) is 0 Å². The van der Waals surface area contributed by atoms with Gasteiger partial charge in [0.1, 0.15) is 5.82 Å². The van der Waals surface area contributed by atoms with Crippen LogP contribution in [0.25, 0.3) is 20.7 Å². The second kappa shape index (κ2) is 5.62. The van der Waals surface area contributed by atoms with Crippen LogP contribution in [-0.4, -0.2) is 16.0 Å². The molecule has 0 radical (unpaired) electrons. The Labute approximate surface area is 128 Å². The van der Waals surface area contributed by atoms with Crippen molar-refractivity contribution in [3.8, 4) is 10.6 Å². The van der Waals surface area contributed by atoms with E-state index in [1.54, 1.807) is 0 Å². The van der Waals surface area contributed by atoms with Crippen molar-refractivity contribution in [1.82, 2.24) is 15.3 Å². The molecule has 0 bridgehead atoms. The molecule has 1 saturated carbocycles. The Bertz CT molecular complexity index is 704. The highest BCUT2D eigenvalue weighted by atomic mass is 32.1. The van der Waals surface area contributed by atoms with Crippen LogP contribution in [-0.2, 0) is 6.54 Å². The lowest BCUT2D eigenvalue weighted by Gasteiger charge is -2.09. The van der Waals surface area contributed by atoms with Gasteiger partial charge in [-0.25, -0.2) is 4.98 Å². The lowest BCUT2D eigenvalue weighted by molar-refractivity contribution is 0.515. The number of fused-ring (bicyclic) bond motifs is 1. The van der Waals surface area contributed by atoms with Crippen molar-refractivity contribution >= 4 is 21.4 Å². The van der Waals surface area contributed by atoms with E-state index in [0.29, 0.717) is 6.04 Å². The SMILES string of the molecule is c1ccc2sc(-c3cnc(CNC4CCCC4)[nH]3)cc2c1. The number of nitrogens with zero attached hydrogens (tertiary/aromatic N) is 1. The van der Waals surface area contributed by atoms with Crippen LogP contribution < -0.4 is 5.32 Å². The largest absolute Gasteiger partial charge is 0.340 e. The zero-order valence-electron chi connectivity index (χ0n) is 11.9. The number of hydrogen-bond donors (Lipinski definition) is 2. The standard InChI is InChI=1S/C17H19N3S/c1-4-8-15-12(5-1)9-16(21-15)14-10-19-17(20-14)11-18-13-6-2-3-7-13/h1,4-5,8-10,13,18H,2-3,6-7,11H2,(H,19,20). The van der Waals surface area contributed by atoms with Gasteiger partial charge in [0.15, 0.2) is 0 Å². The summed E-state index contributed by atoms with van der Waals surface area (Å²) in [5.41, 5.74) is 1.12. The Morgan fingerprint density at radius 3 is 2.95 bits per heavy atom. The number of thiophene rings is 1. The normalized spacial score (nSPS) is 16.0. The monoisotopic (exact) mass is 297 g/mol. The molecule has 4 heteroatoms. The molecule has 0 unspecified atom stereocenters. The van der Waals surface area contributed by atoms with E-state index in [9.17, 15) is 0 Å². The van der Waals surface area contributed by atoms with Gasteiger partial charge in [-0.05, 0) is 30.4 Å². The van der Waals surface area contributed by atoms with Crippen LogP contribution in [0.4, 0.5) is 0 Å². The van der Waals surface area contributed by atoms with Crippen molar-refractivity contribution in [2.45, 2.75) is 38.3 Å². The van der Waals surface area contributed by atoms with E-state index in [1.165, 1.54) is 40.6 Å². The molecule has 21 heavy (non-hydrogen) atoms. The van der Waals surface area contributed by atoms with E-state index < -0.39 is 0 Å². The van der Waals surface area contributed by atoms with Crippen LogP contribution in [0.1, 0.15) is 31.5 Å². The van der Waals surface area contributed by atoms with Gasteiger partial charge in [-0.2, -0.15) is 0 Å². The quantitative estimate of drug-likeness (QED) is 0.753. The number of benzene rings is 1. The van der Waals surface area contributed by atoms with E-state index >= 15 is 0 Å². The summed E-state index contributed by atoms with van der Waals surface area (Å²) in [4.78, 5) is 9.22. The fourth-order valence-electron chi connectivity index (χ4n) is 3.06. The summed E-state index contributed by atoms with van der Waals surface area (Å²) in [6.45, 7) is 0.843. The molecule has 4 rings (SSSR count). The molecular formula is C17H19N3S. The van der Waals surface area contributed by atoms with Crippen LogP contribution in [0.3, 0.4) is 0 Å². The fraction of sp³-hybridized carbons (Fsp3) is 0.353. The van der Waals surface area contributed by atoms with Crippen molar-refractivity contribution in [3.63, 3.8) is 0 Å². The summed E-state index contributed by atoms with van der Waals surface area (Å²) in [6.07, 6.45) is 7.30. The van der Waals surface area contributed by atoms with Gasteiger partial charge in [0.05, 0.1) is 23.3 Å². The number of H-pyrrole nitrogens is 1. The number of hydrogen-bond acceptors (Lipinski definition) is 3. The smallest absolute Gasteiger partial charge is 0.120 e. The molecule has 2 N–H and O–H groups in total. The van der Waals surface area contributed by atoms with Crippen molar-refractivity contribution in [2.75, 3.05) is 0 Å². The average Bonchev–Trinajstić information content (AvgIpc) is 3.24. The number of aromatic amines is 1. The maximum atomic E-state index is 4.51. The van der Waals surface area contributed by atoms with Gasteiger partial charge in [-0.15, -0.1) is 11.3 Å². The molecule has 108 valence electrons. The first-order chi connectivity index (χ1) is 10.4. The average molecular weight is 297 g/mol. The fourth-order valence-corrected chi connectivity index (χ4v) is 4.09. The third-order valence-corrected chi connectivity index (χ3v) is 5.38. The molecule has 0 aliphatic heterocycles. The van der Waals surface area contributed by atoms with Crippen molar-refractivity contribution in [2.24, 2.45) is 0 Å². The summed E-state index contributed by atoms with van der Waals surface area (Å²) in [6, 6.07) is 11.4. The Morgan fingerprint density at radius 1 is 1.24 bits per heavy atom.